The van der Waals surface area contributed by atoms with E-state index in [1.165, 1.54) is 25.9 Å². The van der Waals surface area contributed by atoms with Crippen LogP contribution in [0.3, 0.4) is 0 Å². The maximum Gasteiger partial charge on any atom is 0.270 e. The summed E-state index contributed by atoms with van der Waals surface area (Å²) in [5.74, 6) is 6.53. The number of aromatic nitrogens is 1. The molecule has 0 aromatic carbocycles. The molecule has 2 atom stereocenters. The molecule has 3 saturated heterocycles. The number of piperidine rings is 3. The zero-order valence-corrected chi connectivity index (χ0v) is 14.8. The lowest BCUT2D eigenvalue weighted by atomic mass is 9.79. The zero-order chi connectivity index (χ0) is 16.7. The fourth-order valence-electron chi connectivity index (χ4n) is 4.01. The summed E-state index contributed by atoms with van der Waals surface area (Å²) in [7, 11) is 0. The molecule has 1 N–H and O–H groups in total. The van der Waals surface area contributed by atoms with Gasteiger partial charge < -0.3 is 5.32 Å². The molecule has 0 radical (unpaired) electrons. The average molecular weight is 339 g/mol. The number of carbonyl (C=O) groups is 1. The predicted octanol–water partition coefficient (Wildman–Crippen LogP) is 2.88. The summed E-state index contributed by atoms with van der Waals surface area (Å²) < 4.78 is 1.06. The van der Waals surface area contributed by atoms with Gasteiger partial charge in [-0.3, -0.25) is 14.7 Å². The molecule has 4 nitrogen and oxygen atoms in total. The number of thiophene rings is 1. The van der Waals surface area contributed by atoms with Gasteiger partial charge in [0.2, 0.25) is 0 Å². The number of pyridine rings is 1. The molecule has 124 valence electrons. The SMILES string of the molecule is CC#Cc1cc2cnc(C(=O)N[C@@H]3C4CCN(CC4)[C@H]3C)cc2s1. The van der Waals surface area contributed by atoms with E-state index < -0.39 is 0 Å². The number of nitrogens with one attached hydrogen (secondary N) is 1. The van der Waals surface area contributed by atoms with Crippen molar-refractivity contribution in [2.45, 2.75) is 38.8 Å². The number of hydrogen-bond donors (Lipinski definition) is 1. The third-order valence-electron chi connectivity index (χ3n) is 5.36. The van der Waals surface area contributed by atoms with Crippen molar-refractivity contribution in [1.29, 1.82) is 0 Å². The van der Waals surface area contributed by atoms with Crippen LogP contribution in [0.15, 0.2) is 18.3 Å². The Hall–Kier alpha value is -1.90. The fourth-order valence-corrected chi connectivity index (χ4v) is 4.99. The molecular formula is C19H21N3OS. The van der Waals surface area contributed by atoms with Gasteiger partial charge in [0, 0.05) is 28.4 Å². The summed E-state index contributed by atoms with van der Waals surface area (Å²) in [6.07, 6.45) is 4.15. The van der Waals surface area contributed by atoms with Crippen molar-refractivity contribution in [3.63, 3.8) is 0 Å². The molecule has 1 amide bonds. The van der Waals surface area contributed by atoms with Crippen LogP contribution in [-0.4, -0.2) is 41.0 Å². The third-order valence-corrected chi connectivity index (χ3v) is 6.37. The number of fused-ring (bicyclic) bond motifs is 4. The van der Waals surface area contributed by atoms with Crippen LogP contribution in [-0.2, 0) is 0 Å². The first-order valence-electron chi connectivity index (χ1n) is 8.53. The van der Waals surface area contributed by atoms with E-state index in [9.17, 15) is 4.79 Å². The van der Waals surface area contributed by atoms with Crippen LogP contribution in [0.1, 0.15) is 42.1 Å². The van der Waals surface area contributed by atoms with E-state index in [-0.39, 0.29) is 11.9 Å². The quantitative estimate of drug-likeness (QED) is 0.856. The highest BCUT2D eigenvalue weighted by atomic mass is 32.1. The smallest absolute Gasteiger partial charge is 0.270 e. The highest BCUT2D eigenvalue weighted by Crippen LogP contribution is 2.32. The molecule has 24 heavy (non-hydrogen) atoms. The van der Waals surface area contributed by atoms with E-state index in [1.807, 2.05) is 19.1 Å². The molecule has 5 heteroatoms. The highest BCUT2D eigenvalue weighted by molar-refractivity contribution is 7.19. The summed E-state index contributed by atoms with van der Waals surface area (Å²) in [6.45, 7) is 6.39. The second-order valence-corrected chi connectivity index (χ2v) is 7.79. The van der Waals surface area contributed by atoms with E-state index in [2.05, 4.69) is 34.0 Å². The minimum absolute atomic E-state index is 0.0565. The molecular weight excluding hydrogens is 318 g/mol. The summed E-state index contributed by atoms with van der Waals surface area (Å²) >= 11 is 1.61. The fraction of sp³-hybridized carbons (Fsp3) is 0.474. The molecule has 3 aliphatic heterocycles. The zero-order valence-electron chi connectivity index (χ0n) is 14.0. The van der Waals surface area contributed by atoms with Gasteiger partial charge in [0.15, 0.2) is 0 Å². The van der Waals surface area contributed by atoms with Crippen LogP contribution in [0.25, 0.3) is 10.1 Å². The Labute approximate surface area is 146 Å². The number of hydrogen-bond acceptors (Lipinski definition) is 4. The predicted molar refractivity (Wildman–Crippen MR) is 97.2 cm³/mol. The van der Waals surface area contributed by atoms with E-state index in [0.29, 0.717) is 17.7 Å². The first-order chi connectivity index (χ1) is 11.7. The van der Waals surface area contributed by atoms with Crippen molar-refractivity contribution in [3.05, 3.63) is 28.9 Å². The third kappa shape index (κ3) is 2.70. The lowest BCUT2D eigenvalue weighted by Crippen LogP contribution is -2.62. The van der Waals surface area contributed by atoms with Gasteiger partial charge in [0.1, 0.15) is 5.69 Å². The standard InChI is InChI=1S/C19H21N3OS/c1-3-4-15-9-14-11-20-16(10-17(14)24-15)19(23)21-18-12(2)22-7-5-13(18)6-8-22/h9-13,18H,5-8H2,1-2H3,(H,21,23)/t12-,18-/m0/s1. The monoisotopic (exact) mass is 339 g/mol. The molecule has 3 aliphatic rings. The van der Waals surface area contributed by atoms with Gasteiger partial charge >= 0.3 is 0 Å². The topological polar surface area (TPSA) is 45.2 Å². The molecule has 2 aromatic heterocycles. The van der Waals surface area contributed by atoms with Crippen LogP contribution in [0, 0.1) is 17.8 Å². The Morgan fingerprint density at radius 2 is 2.17 bits per heavy atom. The first-order valence-corrected chi connectivity index (χ1v) is 9.34. The van der Waals surface area contributed by atoms with Crippen LogP contribution in [0.2, 0.25) is 0 Å². The molecule has 0 unspecified atom stereocenters. The van der Waals surface area contributed by atoms with Crippen molar-refractivity contribution < 1.29 is 4.79 Å². The Bertz CT molecular complexity index is 837. The molecule has 5 heterocycles. The molecule has 3 fully saturated rings. The normalized spacial score (nSPS) is 28.4. The van der Waals surface area contributed by atoms with Gasteiger partial charge in [0.25, 0.3) is 5.91 Å². The van der Waals surface area contributed by atoms with Crippen LogP contribution >= 0.6 is 11.3 Å². The van der Waals surface area contributed by atoms with Crippen LogP contribution < -0.4 is 5.32 Å². The van der Waals surface area contributed by atoms with Crippen molar-refractivity contribution >= 4 is 27.3 Å². The van der Waals surface area contributed by atoms with Gasteiger partial charge in [-0.1, -0.05) is 5.92 Å². The van der Waals surface area contributed by atoms with Crippen molar-refractivity contribution in [1.82, 2.24) is 15.2 Å². The van der Waals surface area contributed by atoms with Crippen molar-refractivity contribution in [2.75, 3.05) is 13.1 Å². The van der Waals surface area contributed by atoms with E-state index in [4.69, 9.17) is 0 Å². The first kappa shape index (κ1) is 15.6. The number of nitrogens with zero attached hydrogens (tertiary/aromatic N) is 2. The summed E-state index contributed by atoms with van der Waals surface area (Å²) in [5, 5.41) is 4.29. The Morgan fingerprint density at radius 3 is 2.88 bits per heavy atom. The van der Waals surface area contributed by atoms with Crippen molar-refractivity contribution in [2.24, 2.45) is 5.92 Å². The highest BCUT2D eigenvalue weighted by Gasteiger charge is 2.40. The maximum absolute atomic E-state index is 12.7. The number of carbonyl (C=O) groups excluding carboxylic acids is 1. The minimum atomic E-state index is -0.0565. The van der Waals surface area contributed by atoms with E-state index in [1.54, 1.807) is 17.5 Å². The molecule has 5 rings (SSSR count). The average Bonchev–Trinajstić information content (AvgIpc) is 3.00. The lowest BCUT2D eigenvalue weighted by molar-refractivity contribution is 0.0216. The number of rotatable bonds is 2. The van der Waals surface area contributed by atoms with E-state index in [0.717, 1.165) is 15.0 Å². The summed E-state index contributed by atoms with van der Waals surface area (Å²) in [4.78, 5) is 20.6. The van der Waals surface area contributed by atoms with Gasteiger partial charge in [-0.05, 0) is 57.8 Å². The van der Waals surface area contributed by atoms with Gasteiger partial charge in [-0.15, -0.1) is 17.3 Å². The Kier molecular flexibility index (Phi) is 4.03. The Balaban J connectivity index is 1.55. The van der Waals surface area contributed by atoms with Gasteiger partial charge in [-0.25, -0.2) is 0 Å². The van der Waals surface area contributed by atoms with Crippen molar-refractivity contribution in [3.8, 4) is 11.8 Å². The van der Waals surface area contributed by atoms with Gasteiger partial charge in [0.05, 0.1) is 4.88 Å². The van der Waals surface area contributed by atoms with E-state index >= 15 is 0 Å². The van der Waals surface area contributed by atoms with Crippen LogP contribution in [0.5, 0.6) is 0 Å². The molecule has 2 bridgehead atoms. The Morgan fingerprint density at radius 1 is 1.38 bits per heavy atom. The number of amides is 1. The largest absolute Gasteiger partial charge is 0.346 e. The molecule has 2 aromatic rings. The van der Waals surface area contributed by atoms with Gasteiger partial charge in [-0.2, -0.15) is 0 Å². The second kappa shape index (κ2) is 6.19. The molecule has 0 saturated carbocycles. The molecule has 0 spiro atoms. The summed E-state index contributed by atoms with van der Waals surface area (Å²) in [5.41, 5.74) is 0.504. The molecule has 0 aliphatic carbocycles. The maximum atomic E-state index is 12.7. The van der Waals surface area contributed by atoms with Crippen LogP contribution in [0.4, 0.5) is 0 Å². The second-order valence-electron chi connectivity index (χ2n) is 6.71. The minimum Gasteiger partial charge on any atom is -0.346 e. The summed E-state index contributed by atoms with van der Waals surface area (Å²) in [6, 6.07) is 4.57. The lowest BCUT2D eigenvalue weighted by Gasteiger charge is -2.49.